The van der Waals surface area contributed by atoms with Crippen molar-refractivity contribution in [1.29, 1.82) is 0 Å². The number of thiophene rings is 1. The highest BCUT2D eigenvalue weighted by Gasteiger charge is 2.36. The molecule has 1 aromatic heterocycles. The molecule has 2 rings (SSSR count). The Morgan fingerprint density at radius 1 is 1.52 bits per heavy atom. The quantitative estimate of drug-likeness (QED) is 0.909. The summed E-state index contributed by atoms with van der Waals surface area (Å²) in [6, 6.07) is 3.99. The zero-order chi connectivity index (χ0) is 15.4. The lowest BCUT2D eigenvalue weighted by molar-refractivity contribution is -0.143. The maximum atomic E-state index is 12.4. The number of likely N-dealkylation sites (tertiary alicyclic amines) is 1. The van der Waals surface area contributed by atoms with Gasteiger partial charge in [0, 0.05) is 23.9 Å². The number of piperidine rings is 1. The lowest BCUT2D eigenvalue weighted by atomic mass is 9.88. The van der Waals surface area contributed by atoms with Crippen LogP contribution in [0.3, 0.4) is 0 Å². The molecular formula is C16H24N2O2S. The molecule has 0 radical (unpaired) electrons. The number of nitrogens with one attached hydrogen (secondary N) is 1. The van der Waals surface area contributed by atoms with Crippen LogP contribution in [-0.2, 0) is 16.1 Å². The van der Waals surface area contributed by atoms with E-state index < -0.39 is 0 Å². The number of nitrogens with zero attached hydrogens (tertiary/aromatic N) is 1. The predicted molar refractivity (Wildman–Crippen MR) is 84.9 cm³/mol. The molecule has 0 bridgehead atoms. The molecule has 1 aliphatic rings. The molecule has 1 aliphatic heterocycles. The second kappa shape index (κ2) is 7.07. The van der Waals surface area contributed by atoms with Crippen molar-refractivity contribution in [2.24, 2.45) is 11.8 Å². The first-order chi connectivity index (χ1) is 9.99. The highest BCUT2D eigenvalue weighted by Crippen LogP contribution is 2.25. The van der Waals surface area contributed by atoms with Crippen molar-refractivity contribution in [3.63, 3.8) is 0 Å². The number of carbonyl (C=O) groups is 2. The van der Waals surface area contributed by atoms with Crippen LogP contribution in [0, 0.1) is 11.8 Å². The molecule has 0 aliphatic carbocycles. The molecule has 0 unspecified atom stereocenters. The molecule has 5 heteroatoms. The monoisotopic (exact) mass is 308 g/mol. The van der Waals surface area contributed by atoms with Gasteiger partial charge in [0.15, 0.2) is 0 Å². The first-order valence-electron chi connectivity index (χ1n) is 7.58. The Hall–Kier alpha value is -1.36. The van der Waals surface area contributed by atoms with E-state index in [1.807, 2.05) is 29.3 Å². The Kier molecular flexibility index (Phi) is 5.39. The summed E-state index contributed by atoms with van der Waals surface area (Å²) in [6.07, 6.45) is 1.14. The largest absolute Gasteiger partial charge is 0.351 e. The summed E-state index contributed by atoms with van der Waals surface area (Å²) >= 11 is 1.64. The second-order valence-corrected chi connectivity index (χ2v) is 7.16. The van der Waals surface area contributed by atoms with Crippen LogP contribution in [0.2, 0.25) is 0 Å². The number of amides is 2. The van der Waals surface area contributed by atoms with Gasteiger partial charge in [0.2, 0.25) is 11.8 Å². The Bertz CT molecular complexity index is 484. The van der Waals surface area contributed by atoms with Crippen LogP contribution in [0.25, 0.3) is 0 Å². The average Bonchev–Trinajstić information content (AvgIpc) is 2.94. The minimum atomic E-state index is -0.0959. The third-order valence-electron chi connectivity index (χ3n) is 3.98. The minimum absolute atomic E-state index is 0.0167. The fraction of sp³-hybridized carbons (Fsp3) is 0.625. The number of hydrogen-bond donors (Lipinski definition) is 1. The second-order valence-electron chi connectivity index (χ2n) is 6.12. The van der Waals surface area contributed by atoms with Crippen LogP contribution >= 0.6 is 11.3 Å². The Labute approximate surface area is 130 Å². The number of carbonyl (C=O) groups excluding carboxylic acids is 2. The van der Waals surface area contributed by atoms with Crippen LogP contribution in [-0.4, -0.2) is 29.3 Å². The maximum Gasteiger partial charge on any atom is 0.225 e. The SMILES string of the molecule is CC(C)CN1C(=O)CC[C@@H](C(=O)NCc2cccs2)[C@H]1C. The van der Waals surface area contributed by atoms with E-state index in [0.29, 0.717) is 25.3 Å². The highest BCUT2D eigenvalue weighted by atomic mass is 32.1. The average molecular weight is 308 g/mol. The number of rotatable bonds is 5. The van der Waals surface area contributed by atoms with E-state index in [0.717, 1.165) is 11.4 Å². The van der Waals surface area contributed by atoms with Crippen molar-refractivity contribution in [2.75, 3.05) is 6.54 Å². The highest BCUT2D eigenvalue weighted by molar-refractivity contribution is 7.09. The van der Waals surface area contributed by atoms with Crippen LogP contribution in [0.4, 0.5) is 0 Å². The first kappa shape index (κ1) is 16.0. The molecule has 0 spiro atoms. The lowest BCUT2D eigenvalue weighted by Gasteiger charge is -2.39. The van der Waals surface area contributed by atoms with Crippen LogP contribution in [0.1, 0.15) is 38.5 Å². The molecular weight excluding hydrogens is 284 g/mol. The number of hydrogen-bond acceptors (Lipinski definition) is 3. The summed E-state index contributed by atoms with van der Waals surface area (Å²) in [5.74, 6) is 0.571. The van der Waals surface area contributed by atoms with Crippen molar-refractivity contribution in [1.82, 2.24) is 10.2 Å². The van der Waals surface area contributed by atoms with Gasteiger partial charge in [0.25, 0.3) is 0 Å². The van der Waals surface area contributed by atoms with E-state index >= 15 is 0 Å². The Balaban J connectivity index is 1.95. The fourth-order valence-electron chi connectivity index (χ4n) is 2.84. The standard InChI is InChI=1S/C16H24N2O2S/c1-11(2)10-18-12(3)14(6-7-15(18)19)16(20)17-9-13-5-4-8-21-13/h4-5,8,11-12,14H,6-7,9-10H2,1-3H3,(H,17,20)/t12-,14-/m1/s1. The topological polar surface area (TPSA) is 49.4 Å². The normalized spacial score (nSPS) is 22.7. The van der Waals surface area contributed by atoms with E-state index in [2.05, 4.69) is 19.2 Å². The van der Waals surface area contributed by atoms with Gasteiger partial charge in [-0.25, -0.2) is 0 Å². The van der Waals surface area contributed by atoms with E-state index in [-0.39, 0.29) is 23.8 Å². The van der Waals surface area contributed by atoms with Crippen molar-refractivity contribution in [3.8, 4) is 0 Å². The van der Waals surface area contributed by atoms with Gasteiger partial charge in [-0.05, 0) is 30.7 Å². The molecule has 21 heavy (non-hydrogen) atoms. The molecule has 1 N–H and O–H groups in total. The molecule has 116 valence electrons. The Morgan fingerprint density at radius 3 is 2.90 bits per heavy atom. The molecule has 2 atom stereocenters. The van der Waals surface area contributed by atoms with Gasteiger partial charge in [-0.15, -0.1) is 11.3 Å². The summed E-state index contributed by atoms with van der Waals surface area (Å²) in [5.41, 5.74) is 0. The van der Waals surface area contributed by atoms with Crippen LogP contribution < -0.4 is 5.32 Å². The van der Waals surface area contributed by atoms with Gasteiger partial charge in [0.1, 0.15) is 0 Å². The van der Waals surface area contributed by atoms with Gasteiger partial charge in [-0.3, -0.25) is 9.59 Å². The predicted octanol–water partition coefficient (Wildman–Crippen LogP) is 2.65. The zero-order valence-electron chi connectivity index (χ0n) is 13.0. The van der Waals surface area contributed by atoms with Gasteiger partial charge >= 0.3 is 0 Å². The van der Waals surface area contributed by atoms with Gasteiger partial charge in [-0.1, -0.05) is 19.9 Å². The zero-order valence-corrected chi connectivity index (χ0v) is 13.8. The minimum Gasteiger partial charge on any atom is -0.351 e. The molecule has 2 amide bonds. The van der Waals surface area contributed by atoms with Crippen molar-refractivity contribution in [2.45, 2.75) is 46.2 Å². The van der Waals surface area contributed by atoms with E-state index in [4.69, 9.17) is 0 Å². The smallest absolute Gasteiger partial charge is 0.225 e. The summed E-state index contributed by atoms with van der Waals surface area (Å²) in [4.78, 5) is 27.5. The molecule has 2 heterocycles. The summed E-state index contributed by atoms with van der Waals surface area (Å²) in [6.45, 7) is 7.50. The molecule has 1 fully saturated rings. The first-order valence-corrected chi connectivity index (χ1v) is 8.46. The van der Waals surface area contributed by atoms with Gasteiger partial charge in [-0.2, -0.15) is 0 Å². The van der Waals surface area contributed by atoms with Crippen LogP contribution in [0.5, 0.6) is 0 Å². The maximum absolute atomic E-state index is 12.4. The van der Waals surface area contributed by atoms with Crippen molar-refractivity contribution in [3.05, 3.63) is 22.4 Å². The molecule has 1 saturated heterocycles. The fourth-order valence-corrected chi connectivity index (χ4v) is 3.48. The molecule has 0 saturated carbocycles. The van der Waals surface area contributed by atoms with Gasteiger partial charge < -0.3 is 10.2 Å². The van der Waals surface area contributed by atoms with Crippen molar-refractivity contribution < 1.29 is 9.59 Å². The summed E-state index contributed by atoms with van der Waals surface area (Å²) in [7, 11) is 0. The third-order valence-corrected chi connectivity index (χ3v) is 4.86. The summed E-state index contributed by atoms with van der Waals surface area (Å²) < 4.78 is 0. The molecule has 0 aromatic carbocycles. The molecule has 1 aromatic rings. The van der Waals surface area contributed by atoms with Crippen molar-refractivity contribution >= 4 is 23.2 Å². The van der Waals surface area contributed by atoms with Gasteiger partial charge in [0.05, 0.1) is 12.5 Å². The third kappa shape index (κ3) is 4.06. The summed E-state index contributed by atoms with van der Waals surface area (Å²) in [5, 5.41) is 5.02. The van der Waals surface area contributed by atoms with E-state index in [9.17, 15) is 9.59 Å². The lowest BCUT2D eigenvalue weighted by Crippen LogP contribution is -2.52. The Morgan fingerprint density at radius 2 is 2.29 bits per heavy atom. The molecule has 4 nitrogen and oxygen atoms in total. The van der Waals surface area contributed by atoms with E-state index in [1.54, 1.807) is 11.3 Å². The van der Waals surface area contributed by atoms with E-state index in [1.165, 1.54) is 0 Å². The van der Waals surface area contributed by atoms with Crippen LogP contribution in [0.15, 0.2) is 17.5 Å².